The Morgan fingerprint density at radius 2 is 1.85 bits per heavy atom. The summed E-state index contributed by atoms with van der Waals surface area (Å²) in [6.45, 7) is 1.21. The molecule has 0 saturated heterocycles. The van der Waals surface area contributed by atoms with Crippen LogP contribution in [0.1, 0.15) is 5.56 Å². The third-order valence-electron chi connectivity index (χ3n) is 3.78. The number of nitro benzene ring substituents is 1. The molecule has 0 bridgehead atoms. The molecular formula is C18H18N4O3S. The van der Waals surface area contributed by atoms with Crippen LogP contribution in [0.15, 0.2) is 59.8 Å². The average molecular weight is 370 g/mol. The van der Waals surface area contributed by atoms with Gasteiger partial charge in [0.2, 0.25) is 0 Å². The molecule has 3 rings (SSSR count). The van der Waals surface area contributed by atoms with E-state index < -0.39 is 4.92 Å². The summed E-state index contributed by atoms with van der Waals surface area (Å²) in [5, 5.41) is 20.2. The van der Waals surface area contributed by atoms with Crippen molar-refractivity contribution in [1.29, 1.82) is 0 Å². The van der Waals surface area contributed by atoms with E-state index in [1.165, 1.54) is 12.1 Å². The Balaban J connectivity index is 1.78. The number of thioether (sulfide) groups is 1. The van der Waals surface area contributed by atoms with Gasteiger partial charge in [-0.3, -0.25) is 14.7 Å². The first-order valence-corrected chi connectivity index (χ1v) is 9.01. The second-order valence-electron chi connectivity index (χ2n) is 5.53. The molecule has 0 atom stereocenters. The second-order valence-corrected chi connectivity index (χ2v) is 6.47. The molecule has 0 spiro atoms. The van der Waals surface area contributed by atoms with Crippen molar-refractivity contribution in [3.8, 4) is 11.4 Å². The quantitative estimate of drug-likeness (QED) is 0.341. The lowest BCUT2D eigenvalue weighted by Gasteiger charge is -2.09. The molecule has 134 valence electrons. The summed E-state index contributed by atoms with van der Waals surface area (Å²) in [4.78, 5) is 10.3. The first-order chi connectivity index (χ1) is 12.7. The van der Waals surface area contributed by atoms with Gasteiger partial charge in [0, 0.05) is 30.6 Å². The van der Waals surface area contributed by atoms with Crippen LogP contribution < -0.4 is 0 Å². The standard InChI is InChI=1S/C18H18N4O3S/c1-25-12-11-21-17(15-5-3-2-4-6-15)19-20-18(21)26-13-14-7-9-16(10-8-14)22(23)24/h2-10H,11-13H2,1H3. The SMILES string of the molecule is COCCn1c(SCc2ccc([N+](=O)[O-])cc2)nnc1-c1ccccc1. The van der Waals surface area contributed by atoms with Crippen LogP contribution >= 0.6 is 11.8 Å². The van der Waals surface area contributed by atoms with Crippen molar-refractivity contribution in [2.45, 2.75) is 17.5 Å². The summed E-state index contributed by atoms with van der Waals surface area (Å²) in [5.41, 5.74) is 2.08. The summed E-state index contributed by atoms with van der Waals surface area (Å²) < 4.78 is 7.25. The zero-order chi connectivity index (χ0) is 18.4. The van der Waals surface area contributed by atoms with E-state index in [4.69, 9.17) is 4.74 Å². The Bertz CT molecular complexity index is 866. The molecule has 1 heterocycles. The van der Waals surface area contributed by atoms with E-state index in [1.807, 2.05) is 34.9 Å². The van der Waals surface area contributed by atoms with E-state index in [1.54, 1.807) is 31.0 Å². The van der Waals surface area contributed by atoms with Gasteiger partial charge < -0.3 is 4.74 Å². The van der Waals surface area contributed by atoms with Crippen molar-refractivity contribution in [3.63, 3.8) is 0 Å². The summed E-state index contributed by atoms with van der Waals surface area (Å²) in [5.74, 6) is 1.45. The van der Waals surface area contributed by atoms with Crippen LogP contribution in [0.5, 0.6) is 0 Å². The third kappa shape index (κ3) is 4.27. The Labute approximate surface area is 155 Å². The molecule has 2 aromatic carbocycles. The van der Waals surface area contributed by atoms with E-state index in [2.05, 4.69) is 10.2 Å². The zero-order valence-electron chi connectivity index (χ0n) is 14.2. The minimum Gasteiger partial charge on any atom is -0.383 e. The number of ether oxygens (including phenoxy) is 1. The molecule has 8 heteroatoms. The van der Waals surface area contributed by atoms with Gasteiger partial charge in [-0.2, -0.15) is 0 Å². The highest BCUT2D eigenvalue weighted by Crippen LogP contribution is 2.27. The van der Waals surface area contributed by atoms with Gasteiger partial charge in [0.1, 0.15) is 0 Å². The number of nitrogens with zero attached hydrogens (tertiary/aromatic N) is 4. The van der Waals surface area contributed by atoms with Gasteiger partial charge in [0.05, 0.1) is 18.1 Å². The molecule has 7 nitrogen and oxygen atoms in total. The molecule has 0 N–H and O–H groups in total. The molecule has 0 radical (unpaired) electrons. The topological polar surface area (TPSA) is 83.1 Å². The smallest absolute Gasteiger partial charge is 0.269 e. The predicted octanol–water partition coefficient (Wildman–Crippen LogP) is 3.79. The summed E-state index contributed by atoms with van der Waals surface area (Å²) >= 11 is 1.54. The minimum atomic E-state index is -0.398. The zero-order valence-corrected chi connectivity index (χ0v) is 15.1. The van der Waals surface area contributed by atoms with Crippen molar-refractivity contribution in [1.82, 2.24) is 14.8 Å². The number of nitro groups is 1. The number of hydrogen-bond acceptors (Lipinski definition) is 6. The molecule has 0 aliphatic rings. The highest BCUT2D eigenvalue weighted by Gasteiger charge is 2.14. The molecule has 26 heavy (non-hydrogen) atoms. The molecule has 1 aromatic heterocycles. The lowest BCUT2D eigenvalue weighted by atomic mass is 10.2. The summed E-state index contributed by atoms with van der Waals surface area (Å²) in [7, 11) is 1.66. The Hall–Kier alpha value is -2.71. The predicted molar refractivity (Wildman–Crippen MR) is 100.0 cm³/mol. The van der Waals surface area contributed by atoms with Crippen molar-refractivity contribution in [2.75, 3.05) is 13.7 Å². The van der Waals surface area contributed by atoms with Crippen LogP contribution in [0.4, 0.5) is 5.69 Å². The first-order valence-electron chi connectivity index (χ1n) is 8.02. The molecular weight excluding hydrogens is 352 g/mol. The maximum atomic E-state index is 10.7. The van der Waals surface area contributed by atoms with Crippen LogP contribution in [0.3, 0.4) is 0 Å². The Kier molecular flexibility index (Phi) is 5.98. The minimum absolute atomic E-state index is 0.0911. The van der Waals surface area contributed by atoms with Crippen molar-refractivity contribution in [3.05, 3.63) is 70.3 Å². The summed E-state index contributed by atoms with van der Waals surface area (Å²) in [6.07, 6.45) is 0. The van der Waals surface area contributed by atoms with E-state index >= 15 is 0 Å². The lowest BCUT2D eigenvalue weighted by molar-refractivity contribution is -0.384. The number of rotatable bonds is 8. The summed E-state index contributed by atoms with van der Waals surface area (Å²) in [6, 6.07) is 16.4. The van der Waals surface area contributed by atoms with E-state index in [0.29, 0.717) is 18.9 Å². The number of benzene rings is 2. The van der Waals surface area contributed by atoms with E-state index in [0.717, 1.165) is 22.1 Å². The molecule has 0 aliphatic heterocycles. The number of aromatic nitrogens is 3. The highest BCUT2D eigenvalue weighted by atomic mass is 32.2. The van der Waals surface area contributed by atoms with Gasteiger partial charge in [0.15, 0.2) is 11.0 Å². The van der Waals surface area contributed by atoms with Crippen LogP contribution in [0, 0.1) is 10.1 Å². The number of methoxy groups -OCH3 is 1. The highest BCUT2D eigenvalue weighted by molar-refractivity contribution is 7.98. The molecule has 0 fully saturated rings. The van der Waals surface area contributed by atoms with Crippen LogP contribution in [-0.2, 0) is 17.0 Å². The van der Waals surface area contributed by atoms with Crippen molar-refractivity contribution in [2.24, 2.45) is 0 Å². The normalized spacial score (nSPS) is 10.8. The van der Waals surface area contributed by atoms with Gasteiger partial charge >= 0.3 is 0 Å². The second kappa shape index (κ2) is 8.59. The third-order valence-corrected chi connectivity index (χ3v) is 4.82. The number of hydrogen-bond donors (Lipinski definition) is 0. The van der Waals surface area contributed by atoms with E-state index in [9.17, 15) is 10.1 Å². The number of non-ortho nitro benzene ring substituents is 1. The maximum absolute atomic E-state index is 10.7. The van der Waals surface area contributed by atoms with Crippen LogP contribution in [0.25, 0.3) is 11.4 Å². The Morgan fingerprint density at radius 3 is 2.50 bits per heavy atom. The molecule has 3 aromatic rings. The Morgan fingerprint density at radius 1 is 1.12 bits per heavy atom. The van der Waals surface area contributed by atoms with Gasteiger partial charge in [-0.25, -0.2) is 0 Å². The fraction of sp³-hybridized carbons (Fsp3) is 0.222. The fourth-order valence-electron chi connectivity index (χ4n) is 2.44. The van der Waals surface area contributed by atoms with Gasteiger partial charge in [0.25, 0.3) is 5.69 Å². The van der Waals surface area contributed by atoms with Gasteiger partial charge in [-0.05, 0) is 5.56 Å². The monoisotopic (exact) mass is 370 g/mol. The maximum Gasteiger partial charge on any atom is 0.269 e. The molecule has 0 unspecified atom stereocenters. The van der Waals surface area contributed by atoms with E-state index in [-0.39, 0.29) is 5.69 Å². The largest absolute Gasteiger partial charge is 0.383 e. The molecule has 0 amide bonds. The van der Waals surface area contributed by atoms with Crippen LogP contribution in [-0.4, -0.2) is 33.4 Å². The first kappa shape index (κ1) is 18.1. The van der Waals surface area contributed by atoms with Crippen molar-refractivity contribution >= 4 is 17.4 Å². The van der Waals surface area contributed by atoms with Crippen molar-refractivity contribution < 1.29 is 9.66 Å². The average Bonchev–Trinajstić information content (AvgIpc) is 3.08. The fourth-order valence-corrected chi connectivity index (χ4v) is 3.36. The lowest BCUT2D eigenvalue weighted by Crippen LogP contribution is -2.07. The molecule has 0 saturated carbocycles. The van der Waals surface area contributed by atoms with Gasteiger partial charge in [-0.15, -0.1) is 10.2 Å². The van der Waals surface area contributed by atoms with Gasteiger partial charge in [-0.1, -0.05) is 54.2 Å². The van der Waals surface area contributed by atoms with Crippen LogP contribution in [0.2, 0.25) is 0 Å². The molecule has 0 aliphatic carbocycles.